The summed E-state index contributed by atoms with van der Waals surface area (Å²) >= 11 is 0. The summed E-state index contributed by atoms with van der Waals surface area (Å²) in [6.45, 7) is 9.74. The highest BCUT2D eigenvalue weighted by Crippen LogP contribution is 2.62. The van der Waals surface area contributed by atoms with Crippen LogP contribution in [0.5, 0.6) is 0 Å². The molecule has 0 amide bonds. The van der Waals surface area contributed by atoms with E-state index in [0.717, 1.165) is 5.56 Å². The van der Waals surface area contributed by atoms with Gasteiger partial charge in [-0.05, 0) is 16.4 Å². The molecular formula is C15H23NO. The Balaban J connectivity index is 1.89. The quantitative estimate of drug-likeness (QED) is 0.838. The first-order valence-electron chi connectivity index (χ1n) is 6.34. The molecule has 2 rings (SSSR count). The van der Waals surface area contributed by atoms with Gasteiger partial charge in [0.2, 0.25) is 0 Å². The molecule has 2 nitrogen and oxygen atoms in total. The topological polar surface area (TPSA) is 32.3 Å². The summed E-state index contributed by atoms with van der Waals surface area (Å²) in [5, 5.41) is 13.6. The van der Waals surface area contributed by atoms with Gasteiger partial charge < -0.3 is 10.4 Å². The van der Waals surface area contributed by atoms with E-state index in [0.29, 0.717) is 23.4 Å². The van der Waals surface area contributed by atoms with Gasteiger partial charge in [-0.15, -0.1) is 0 Å². The molecule has 1 aliphatic rings. The molecule has 1 aromatic rings. The van der Waals surface area contributed by atoms with E-state index in [9.17, 15) is 5.11 Å². The van der Waals surface area contributed by atoms with Gasteiger partial charge in [0.25, 0.3) is 0 Å². The van der Waals surface area contributed by atoms with E-state index < -0.39 is 6.10 Å². The van der Waals surface area contributed by atoms with Crippen LogP contribution < -0.4 is 5.32 Å². The van der Waals surface area contributed by atoms with Gasteiger partial charge in [-0.1, -0.05) is 58.0 Å². The molecule has 1 aromatic carbocycles. The van der Waals surface area contributed by atoms with Crippen LogP contribution in [0.2, 0.25) is 0 Å². The number of rotatable bonds is 4. The van der Waals surface area contributed by atoms with E-state index in [4.69, 9.17) is 0 Å². The fourth-order valence-corrected chi connectivity index (χ4v) is 2.73. The highest BCUT2D eigenvalue weighted by molar-refractivity contribution is 5.20. The zero-order valence-electron chi connectivity index (χ0n) is 11.2. The molecule has 1 aliphatic carbocycles. The summed E-state index contributed by atoms with van der Waals surface area (Å²) < 4.78 is 0. The van der Waals surface area contributed by atoms with Crippen molar-refractivity contribution >= 4 is 0 Å². The van der Waals surface area contributed by atoms with E-state index in [1.54, 1.807) is 0 Å². The minimum Gasteiger partial charge on any atom is -0.387 e. The lowest BCUT2D eigenvalue weighted by Crippen LogP contribution is -2.27. The molecule has 94 valence electrons. The Morgan fingerprint density at radius 1 is 1.12 bits per heavy atom. The molecule has 1 saturated carbocycles. The molecule has 1 unspecified atom stereocenters. The zero-order valence-corrected chi connectivity index (χ0v) is 11.2. The molecule has 2 heteroatoms. The van der Waals surface area contributed by atoms with Gasteiger partial charge in [-0.2, -0.15) is 0 Å². The van der Waals surface area contributed by atoms with Crippen molar-refractivity contribution in [3.05, 3.63) is 35.9 Å². The highest BCUT2D eigenvalue weighted by Gasteiger charge is 2.64. The predicted octanol–water partition coefficient (Wildman–Crippen LogP) is 2.74. The summed E-state index contributed by atoms with van der Waals surface area (Å²) in [4.78, 5) is 0. The molecule has 0 spiro atoms. The Morgan fingerprint density at radius 3 is 2.12 bits per heavy atom. The van der Waals surface area contributed by atoms with Gasteiger partial charge in [0, 0.05) is 12.6 Å². The van der Waals surface area contributed by atoms with Crippen molar-refractivity contribution in [1.29, 1.82) is 0 Å². The van der Waals surface area contributed by atoms with Crippen molar-refractivity contribution in [3.63, 3.8) is 0 Å². The summed E-state index contributed by atoms with van der Waals surface area (Å²) in [5.74, 6) is 0. The second-order valence-electron chi connectivity index (χ2n) is 6.21. The normalized spacial score (nSPS) is 23.4. The molecule has 1 fully saturated rings. The molecule has 0 aliphatic heterocycles. The van der Waals surface area contributed by atoms with Crippen molar-refractivity contribution < 1.29 is 5.11 Å². The lowest BCUT2D eigenvalue weighted by atomic mass is 10.0. The first-order valence-corrected chi connectivity index (χ1v) is 6.34. The first kappa shape index (κ1) is 12.6. The Bertz CT molecular complexity index is 369. The average molecular weight is 233 g/mol. The number of aliphatic hydroxyl groups is 1. The van der Waals surface area contributed by atoms with E-state index >= 15 is 0 Å². The Labute approximate surface area is 104 Å². The van der Waals surface area contributed by atoms with Gasteiger partial charge in [0.1, 0.15) is 0 Å². The largest absolute Gasteiger partial charge is 0.387 e. The van der Waals surface area contributed by atoms with Crippen LogP contribution in [0.4, 0.5) is 0 Å². The maximum atomic E-state index is 10.1. The van der Waals surface area contributed by atoms with Crippen LogP contribution in [0.1, 0.15) is 39.4 Å². The Kier molecular flexibility index (Phi) is 3.04. The first-order chi connectivity index (χ1) is 7.87. The fourth-order valence-electron chi connectivity index (χ4n) is 2.73. The summed E-state index contributed by atoms with van der Waals surface area (Å²) in [7, 11) is 0. The lowest BCUT2D eigenvalue weighted by Gasteiger charge is -2.13. The molecule has 17 heavy (non-hydrogen) atoms. The Morgan fingerprint density at radius 2 is 1.65 bits per heavy atom. The molecule has 0 heterocycles. The van der Waals surface area contributed by atoms with Gasteiger partial charge >= 0.3 is 0 Å². The zero-order chi connectivity index (χ0) is 12.7. The summed E-state index contributed by atoms with van der Waals surface area (Å²) in [5.41, 5.74) is 1.63. The predicted molar refractivity (Wildman–Crippen MR) is 70.8 cm³/mol. The molecular weight excluding hydrogens is 210 g/mol. The summed E-state index contributed by atoms with van der Waals surface area (Å²) in [6.07, 6.45) is -0.414. The van der Waals surface area contributed by atoms with Crippen LogP contribution in [0.15, 0.2) is 30.3 Å². The second-order valence-corrected chi connectivity index (χ2v) is 6.21. The molecule has 0 bridgehead atoms. The van der Waals surface area contributed by atoms with Gasteiger partial charge in [-0.25, -0.2) is 0 Å². The third-order valence-electron chi connectivity index (χ3n) is 4.72. The number of benzene rings is 1. The molecule has 0 radical (unpaired) electrons. The SMILES string of the molecule is CC1(C)C(NCC(O)c2ccccc2)C1(C)C. The maximum absolute atomic E-state index is 10.1. The number of nitrogens with one attached hydrogen (secondary N) is 1. The molecule has 0 saturated heterocycles. The molecule has 2 N–H and O–H groups in total. The minimum absolute atomic E-state index is 0.323. The van der Waals surface area contributed by atoms with E-state index in [1.807, 2.05) is 30.3 Å². The van der Waals surface area contributed by atoms with Gasteiger partial charge in [-0.3, -0.25) is 0 Å². The summed E-state index contributed by atoms with van der Waals surface area (Å²) in [6, 6.07) is 10.3. The van der Waals surface area contributed by atoms with Crippen LogP contribution >= 0.6 is 0 Å². The standard InChI is InChI=1S/C15H23NO/c1-14(2)13(15(14,3)4)16-10-12(17)11-8-6-5-7-9-11/h5-9,12-13,16-17H,10H2,1-4H3. The monoisotopic (exact) mass is 233 g/mol. The van der Waals surface area contributed by atoms with Crippen molar-refractivity contribution in [2.45, 2.75) is 39.8 Å². The smallest absolute Gasteiger partial charge is 0.0914 e. The lowest BCUT2D eigenvalue weighted by molar-refractivity contribution is 0.172. The Hall–Kier alpha value is -0.860. The number of aliphatic hydroxyl groups excluding tert-OH is 1. The number of hydrogen-bond acceptors (Lipinski definition) is 2. The molecule has 0 aromatic heterocycles. The second kappa shape index (κ2) is 4.11. The van der Waals surface area contributed by atoms with E-state index in [-0.39, 0.29) is 0 Å². The number of hydrogen-bond donors (Lipinski definition) is 2. The van der Waals surface area contributed by atoms with Crippen molar-refractivity contribution in [2.24, 2.45) is 10.8 Å². The van der Waals surface area contributed by atoms with Crippen LogP contribution in [0, 0.1) is 10.8 Å². The van der Waals surface area contributed by atoms with E-state index in [1.165, 1.54) is 0 Å². The van der Waals surface area contributed by atoms with Crippen LogP contribution in [-0.2, 0) is 0 Å². The van der Waals surface area contributed by atoms with Gasteiger partial charge in [0.15, 0.2) is 0 Å². The van der Waals surface area contributed by atoms with E-state index in [2.05, 4.69) is 33.0 Å². The minimum atomic E-state index is -0.414. The van der Waals surface area contributed by atoms with Crippen molar-refractivity contribution in [1.82, 2.24) is 5.32 Å². The van der Waals surface area contributed by atoms with Gasteiger partial charge in [0.05, 0.1) is 6.10 Å². The van der Waals surface area contributed by atoms with Crippen molar-refractivity contribution in [2.75, 3.05) is 6.54 Å². The highest BCUT2D eigenvalue weighted by atomic mass is 16.3. The maximum Gasteiger partial charge on any atom is 0.0914 e. The molecule has 1 atom stereocenters. The van der Waals surface area contributed by atoms with Crippen LogP contribution in [-0.4, -0.2) is 17.7 Å². The fraction of sp³-hybridized carbons (Fsp3) is 0.600. The average Bonchev–Trinajstić information content (AvgIpc) is 2.68. The van der Waals surface area contributed by atoms with Crippen molar-refractivity contribution in [3.8, 4) is 0 Å². The third-order valence-corrected chi connectivity index (χ3v) is 4.72. The third kappa shape index (κ3) is 2.12. The van der Waals surface area contributed by atoms with Crippen LogP contribution in [0.3, 0.4) is 0 Å². The van der Waals surface area contributed by atoms with Crippen LogP contribution in [0.25, 0.3) is 0 Å².